The van der Waals surface area contributed by atoms with Crippen molar-refractivity contribution in [1.29, 1.82) is 0 Å². The van der Waals surface area contributed by atoms with Gasteiger partial charge in [-0.05, 0) is 49.4 Å². The van der Waals surface area contributed by atoms with E-state index in [0.717, 1.165) is 72.7 Å². The minimum atomic E-state index is 0.442. The molecule has 1 saturated carbocycles. The number of nitrogens with one attached hydrogen (secondary N) is 1. The number of nitrogens with zero attached hydrogens (tertiary/aromatic N) is 4. The summed E-state index contributed by atoms with van der Waals surface area (Å²) in [5, 5.41) is 4.75. The van der Waals surface area contributed by atoms with Crippen molar-refractivity contribution in [3.63, 3.8) is 0 Å². The number of hydrogen-bond donors (Lipinski definition) is 1. The molecule has 7 heteroatoms. The predicted octanol–water partition coefficient (Wildman–Crippen LogP) is 3.76. The number of aromatic nitrogens is 3. The lowest BCUT2D eigenvalue weighted by atomic mass is 9.90. The highest BCUT2D eigenvalue weighted by atomic mass is 16.5. The van der Waals surface area contributed by atoms with E-state index in [9.17, 15) is 0 Å². The first-order valence-corrected chi connectivity index (χ1v) is 11.1. The van der Waals surface area contributed by atoms with Gasteiger partial charge in [-0.25, -0.2) is 9.97 Å². The molecule has 5 rings (SSSR count). The third-order valence-corrected chi connectivity index (χ3v) is 6.52. The largest absolute Gasteiger partial charge is 0.495 e. The van der Waals surface area contributed by atoms with Crippen molar-refractivity contribution in [2.45, 2.75) is 37.8 Å². The van der Waals surface area contributed by atoms with Crippen LogP contribution in [0.5, 0.6) is 5.75 Å². The van der Waals surface area contributed by atoms with Crippen LogP contribution in [0.1, 0.15) is 25.7 Å². The monoisotopic (exact) mass is 419 g/mol. The second-order valence-corrected chi connectivity index (χ2v) is 8.37. The Morgan fingerprint density at radius 1 is 1.00 bits per heavy atom. The quantitative estimate of drug-likeness (QED) is 0.675. The number of ether oxygens (including phenoxy) is 2. The van der Waals surface area contributed by atoms with E-state index in [2.05, 4.69) is 37.3 Å². The van der Waals surface area contributed by atoms with Gasteiger partial charge in [-0.1, -0.05) is 6.07 Å². The summed E-state index contributed by atoms with van der Waals surface area (Å²) < 4.78 is 10.8. The first-order chi connectivity index (χ1) is 15.3. The van der Waals surface area contributed by atoms with Crippen molar-refractivity contribution >= 4 is 16.7 Å². The van der Waals surface area contributed by atoms with Crippen LogP contribution in [0.4, 0.5) is 5.82 Å². The normalized spacial score (nSPS) is 22.4. The molecule has 162 valence electrons. The van der Waals surface area contributed by atoms with Crippen LogP contribution in [-0.2, 0) is 4.74 Å². The number of rotatable bonds is 5. The molecule has 0 bridgehead atoms. The summed E-state index contributed by atoms with van der Waals surface area (Å²) in [7, 11) is 1.66. The van der Waals surface area contributed by atoms with Gasteiger partial charge < -0.3 is 14.8 Å². The van der Waals surface area contributed by atoms with Gasteiger partial charge in [0.15, 0.2) is 0 Å². The van der Waals surface area contributed by atoms with Gasteiger partial charge in [-0.3, -0.25) is 9.88 Å². The zero-order valence-electron chi connectivity index (χ0n) is 18.0. The summed E-state index contributed by atoms with van der Waals surface area (Å²) >= 11 is 0. The molecule has 3 heterocycles. The molecule has 3 aromatic rings. The van der Waals surface area contributed by atoms with Crippen LogP contribution < -0.4 is 10.1 Å². The Labute approximate surface area is 182 Å². The van der Waals surface area contributed by atoms with Crippen LogP contribution >= 0.6 is 0 Å². The molecule has 1 aromatic carbocycles. The van der Waals surface area contributed by atoms with Crippen molar-refractivity contribution in [2.24, 2.45) is 0 Å². The number of anilines is 1. The van der Waals surface area contributed by atoms with Gasteiger partial charge in [0.1, 0.15) is 17.9 Å². The van der Waals surface area contributed by atoms with E-state index in [1.54, 1.807) is 19.6 Å². The number of hydrogen-bond acceptors (Lipinski definition) is 7. The molecule has 2 fully saturated rings. The highest BCUT2D eigenvalue weighted by Crippen LogP contribution is 2.31. The van der Waals surface area contributed by atoms with Gasteiger partial charge in [0, 0.05) is 42.3 Å². The zero-order chi connectivity index (χ0) is 21.0. The lowest BCUT2D eigenvalue weighted by Gasteiger charge is -2.39. The Bertz CT molecular complexity index is 1030. The number of morpholine rings is 1. The van der Waals surface area contributed by atoms with Crippen molar-refractivity contribution in [3.05, 3.63) is 43.0 Å². The second kappa shape index (κ2) is 9.16. The fraction of sp³-hybridized carbons (Fsp3) is 0.458. The molecular weight excluding hydrogens is 390 g/mol. The average Bonchev–Trinajstić information content (AvgIpc) is 2.85. The van der Waals surface area contributed by atoms with Gasteiger partial charge in [-0.2, -0.15) is 0 Å². The maximum absolute atomic E-state index is 5.51. The fourth-order valence-corrected chi connectivity index (χ4v) is 4.76. The Balaban J connectivity index is 1.33. The van der Waals surface area contributed by atoms with Crippen molar-refractivity contribution in [1.82, 2.24) is 19.9 Å². The average molecular weight is 420 g/mol. The summed E-state index contributed by atoms with van der Waals surface area (Å²) in [6.45, 7) is 3.88. The molecule has 0 spiro atoms. The smallest absolute Gasteiger partial charge is 0.137 e. The molecule has 0 unspecified atom stereocenters. The van der Waals surface area contributed by atoms with Gasteiger partial charge in [0.05, 0.1) is 32.0 Å². The second-order valence-electron chi connectivity index (χ2n) is 8.37. The molecule has 1 saturated heterocycles. The Morgan fingerprint density at radius 2 is 1.84 bits per heavy atom. The summed E-state index contributed by atoms with van der Waals surface area (Å²) in [6, 6.07) is 9.40. The number of methoxy groups -OCH3 is 1. The molecule has 1 N–H and O–H groups in total. The third kappa shape index (κ3) is 4.48. The van der Waals surface area contributed by atoms with E-state index in [4.69, 9.17) is 9.47 Å². The van der Waals surface area contributed by atoms with Crippen molar-refractivity contribution in [3.8, 4) is 16.9 Å². The van der Waals surface area contributed by atoms with Crippen LogP contribution in [-0.4, -0.2) is 65.3 Å². The van der Waals surface area contributed by atoms with Crippen molar-refractivity contribution < 1.29 is 9.47 Å². The van der Waals surface area contributed by atoms with Gasteiger partial charge in [0.2, 0.25) is 0 Å². The van der Waals surface area contributed by atoms with Crippen LogP contribution in [0.15, 0.2) is 43.0 Å². The van der Waals surface area contributed by atoms with E-state index in [-0.39, 0.29) is 0 Å². The third-order valence-electron chi connectivity index (χ3n) is 6.52. The maximum Gasteiger partial charge on any atom is 0.137 e. The molecule has 2 aliphatic rings. The molecule has 31 heavy (non-hydrogen) atoms. The molecule has 1 aliphatic heterocycles. The zero-order valence-corrected chi connectivity index (χ0v) is 18.0. The Hall–Kier alpha value is -2.77. The van der Waals surface area contributed by atoms with Gasteiger partial charge in [0.25, 0.3) is 0 Å². The molecule has 0 radical (unpaired) electrons. The lowest BCUT2D eigenvalue weighted by molar-refractivity contribution is 0.00791. The first-order valence-electron chi connectivity index (χ1n) is 11.1. The van der Waals surface area contributed by atoms with Crippen LogP contribution in [0.25, 0.3) is 22.0 Å². The molecule has 2 aromatic heterocycles. The van der Waals surface area contributed by atoms with E-state index in [0.29, 0.717) is 12.1 Å². The highest BCUT2D eigenvalue weighted by Gasteiger charge is 2.27. The van der Waals surface area contributed by atoms with Gasteiger partial charge in [-0.15, -0.1) is 0 Å². The topological polar surface area (TPSA) is 72.4 Å². The minimum Gasteiger partial charge on any atom is -0.495 e. The Kier molecular flexibility index (Phi) is 5.95. The molecule has 1 aliphatic carbocycles. The van der Waals surface area contributed by atoms with Crippen LogP contribution in [0, 0.1) is 0 Å². The standard InChI is InChI=1S/C24H29N5O2/c1-30-21-12-18(14-25-15-21)17-2-7-23-22(13-17)24(27-16-26-23)28-19-3-5-20(6-4-19)29-8-10-31-11-9-29/h2,7,12-16,19-20H,3-6,8-11H2,1H3,(H,26,27,28). The van der Waals surface area contributed by atoms with E-state index in [1.807, 2.05) is 18.3 Å². The van der Waals surface area contributed by atoms with E-state index in [1.165, 1.54) is 12.8 Å². The summed E-state index contributed by atoms with van der Waals surface area (Å²) in [5.41, 5.74) is 3.04. The minimum absolute atomic E-state index is 0.442. The number of benzene rings is 1. The lowest BCUT2D eigenvalue weighted by Crippen LogP contribution is -2.46. The summed E-state index contributed by atoms with van der Waals surface area (Å²) in [6.07, 6.45) is 9.99. The summed E-state index contributed by atoms with van der Waals surface area (Å²) in [4.78, 5) is 16.0. The van der Waals surface area contributed by atoms with Crippen LogP contribution in [0.2, 0.25) is 0 Å². The fourth-order valence-electron chi connectivity index (χ4n) is 4.76. The summed E-state index contributed by atoms with van der Waals surface area (Å²) in [5.74, 6) is 1.66. The highest BCUT2D eigenvalue weighted by molar-refractivity contribution is 5.92. The van der Waals surface area contributed by atoms with E-state index < -0.39 is 0 Å². The van der Waals surface area contributed by atoms with Gasteiger partial charge >= 0.3 is 0 Å². The number of fused-ring (bicyclic) bond motifs is 1. The molecule has 7 nitrogen and oxygen atoms in total. The SMILES string of the molecule is COc1cncc(-c2ccc3ncnc(NC4CCC(N5CCOCC5)CC4)c3c2)c1. The predicted molar refractivity (Wildman–Crippen MR) is 121 cm³/mol. The van der Waals surface area contributed by atoms with Crippen molar-refractivity contribution in [2.75, 3.05) is 38.7 Å². The maximum atomic E-state index is 5.51. The van der Waals surface area contributed by atoms with Crippen LogP contribution in [0.3, 0.4) is 0 Å². The first kappa shape index (κ1) is 20.2. The molecule has 0 atom stereocenters. The number of pyridine rings is 1. The van der Waals surface area contributed by atoms with E-state index >= 15 is 0 Å². The molecule has 0 amide bonds. The Morgan fingerprint density at radius 3 is 2.65 bits per heavy atom. The molecular formula is C24H29N5O2.